The lowest BCUT2D eigenvalue weighted by molar-refractivity contribution is 0.386. The Kier molecular flexibility index (Phi) is 5.06. The molecule has 0 aromatic heterocycles. The van der Waals surface area contributed by atoms with Crippen LogP contribution in [0, 0.1) is 11.6 Å². The fourth-order valence-electron chi connectivity index (χ4n) is 1.99. The number of halogens is 4. The highest BCUT2D eigenvalue weighted by atomic mass is 79.9. The minimum atomic E-state index is -0.817. The van der Waals surface area contributed by atoms with Crippen molar-refractivity contribution in [2.24, 2.45) is 0 Å². The van der Waals surface area contributed by atoms with Crippen molar-refractivity contribution in [3.8, 4) is 11.5 Å². The zero-order valence-electron chi connectivity index (χ0n) is 11.3. The van der Waals surface area contributed by atoms with Crippen molar-refractivity contribution in [2.45, 2.75) is 5.38 Å². The van der Waals surface area contributed by atoms with Gasteiger partial charge in [-0.05, 0) is 34.1 Å². The fraction of sp³-hybridized carbons (Fsp3) is 0.200. The molecule has 0 radical (unpaired) electrons. The van der Waals surface area contributed by atoms with E-state index in [0.29, 0.717) is 21.5 Å². The Bertz CT molecular complexity index is 664. The van der Waals surface area contributed by atoms with Gasteiger partial charge in [-0.15, -0.1) is 11.6 Å². The highest BCUT2D eigenvalue weighted by Crippen LogP contribution is 2.43. The van der Waals surface area contributed by atoms with Crippen molar-refractivity contribution in [2.75, 3.05) is 14.2 Å². The topological polar surface area (TPSA) is 18.5 Å². The number of alkyl halides is 1. The molecule has 0 saturated heterocycles. The second-order valence-electron chi connectivity index (χ2n) is 4.23. The van der Waals surface area contributed by atoms with Crippen LogP contribution < -0.4 is 9.47 Å². The minimum Gasteiger partial charge on any atom is -0.495 e. The number of benzene rings is 2. The second-order valence-corrected chi connectivity index (χ2v) is 5.46. The van der Waals surface area contributed by atoms with Gasteiger partial charge in [0.1, 0.15) is 27.6 Å². The van der Waals surface area contributed by atoms with E-state index in [4.69, 9.17) is 21.1 Å². The predicted octanol–water partition coefficient (Wildman–Crippen LogP) is 5.07. The third-order valence-electron chi connectivity index (χ3n) is 3.02. The van der Waals surface area contributed by atoms with Gasteiger partial charge in [-0.3, -0.25) is 0 Å². The fourth-order valence-corrected chi connectivity index (χ4v) is 3.03. The molecule has 21 heavy (non-hydrogen) atoms. The Morgan fingerprint density at radius 1 is 1.05 bits per heavy atom. The molecule has 2 aromatic rings. The van der Waals surface area contributed by atoms with E-state index in [1.165, 1.54) is 26.4 Å². The Balaban J connectivity index is 2.52. The monoisotopic (exact) mass is 376 g/mol. The Morgan fingerprint density at radius 2 is 1.71 bits per heavy atom. The summed E-state index contributed by atoms with van der Waals surface area (Å²) in [7, 11) is 3.00. The first kappa shape index (κ1) is 16.0. The first-order valence-corrected chi connectivity index (χ1v) is 7.22. The average Bonchev–Trinajstić information content (AvgIpc) is 2.46. The smallest absolute Gasteiger partial charge is 0.141 e. The van der Waals surface area contributed by atoms with Crippen molar-refractivity contribution < 1.29 is 18.3 Å². The molecule has 0 aliphatic rings. The van der Waals surface area contributed by atoms with Gasteiger partial charge in [0.05, 0.1) is 19.6 Å². The number of rotatable bonds is 4. The maximum Gasteiger partial charge on any atom is 0.141 e. The first-order chi connectivity index (χ1) is 9.99. The van der Waals surface area contributed by atoms with E-state index in [0.717, 1.165) is 6.07 Å². The SMILES string of the molecule is COc1ccc(C(Cl)c2ccc(F)cc2F)c(OC)c1Br. The van der Waals surface area contributed by atoms with E-state index >= 15 is 0 Å². The van der Waals surface area contributed by atoms with Gasteiger partial charge in [-0.1, -0.05) is 6.07 Å². The molecule has 6 heteroatoms. The molecule has 1 unspecified atom stereocenters. The molecule has 1 atom stereocenters. The normalized spacial score (nSPS) is 12.1. The largest absolute Gasteiger partial charge is 0.495 e. The van der Waals surface area contributed by atoms with Crippen LogP contribution >= 0.6 is 27.5 Å². The molecule has 2 rings (SSSR count). The van der Waals surface area contributed by atoms with Crippen LogP contribution in [0.3, 0.4) is 0 Å². The molecule has 0 saturated carbocycles. The van der Waals surface area contributed by atoms with Crippen LogP contribution in [-0.4, -0.2) is 14.2 Å². The second kappa shape index (κ2) is 6.62. The van der Waals surface area contributed by atoms with Crippen LogP contribution in [0.25, 0.3) is 0 Å². The van der Waals surface area contributed by atoms with Crippen LogP contribution in [-0.2, 0) is 0 Å². The summed E-state index contributed by atoms with van der Waals surface area (Å²) in [5, 5.41) is -0.817. The first-order valence-electron chi connectivity index (χ1n) is 5.99. The molecule has 2 aromatic carbocycles. The Hall–Kier alpha value is -1.33. The zero-order chi connectivity index (χ0) is 15.6. The van der Waals surface area contributed by atoms with Gasteiger partial charge in [-0.25, -0.2) is 8.78 Å². The van der Waals surface area contributed by atoms with Gasteiger partial charge in [0, 0.05) is 17.2 Å². The summed E-state index contributed by atoms with van der Waals surface area (Å²) < 4.78 is 37.9. The molecule has 2 nitrogen and oxygen atoms in total. The van der Waals surface area contributed by atoms with E-state index in [1.54, 1.807) is 12.1 Å². The molecule has 112 valence electrons. The minimum absolute atomic E-state index is 0.174. The van der Waals surface area contributed by atoms with E-state index in [2.05, 4.69) is 15.9 Å². The van der Waals surface area contributed by atoms with Gasteiger partial charge >= 0.3 is 0 Å². The zero-order valence-corrected chi connectivity index (χ0v) is 13.6. The van der Waals surface area contributed by atoms with Gasteiger partial charge in [0.25, 0.3) is 0 Å². The number of hydrogen-bond acceptors (Lipinski definition) is 2. The molecular formula is C15H12BrClF2O2. The van der Waals surface area contributed by atoms with Crippen LogP contribution in [0.2, 0.25) is 0 Å². The summed E-state index contributed by atoms with van der Waals surface area (Å²) in [6.07, 6.45) is 0. The van der Waals surface area contributed by atoms with Crippen LogP contribution in [0.1, 0.15) is 16.5 Å². The summed E-state index contributed by atoms with van der Waals surface area (Å²) in [5.74, 6) is -0.343. The van der Waals surface area contributed by atoms with E-state index in [9.17, 15) is 8.78 Å². The van der Waals surface area contributed by atoms with Crippen LogP contribution in [0.5, 0.6) is 11.5 Å². The highest BCUT2D eigenvalue weighted by Gasteiger charge is 2.22. The highest BCUT2D eigenvalue weighted by molar-refractivity contribution is 9.10. The lowest BCUT2D eigenvalue weighted by atomic mass is 10.0. The molecule has 0 N–H and O–H groups in total. The van der Waals surface area contributed by atoms with Crippen molar-refractivity contribution >= 4 is 27.5 Å². The summed E-state index contributed by atoms with van der Waals surface area (Å²) in [4.78, 5) is 0. The molecule has 0 spiro atoms. The molecule has 0 aliphatic heterocycles. The molecule has 0 bridgehead atoms. The van der Waals surface area contributed by atoms with Gasteiger partial charge in [-0.2, -0.15) is 0 Å². The summed E-state index contributed by atoms with van der Waals surface area (Å²) in [5.41, 5.74) is 0.728. The van der Waals surface area contributed by atoms with Gasteiger partial charge < -0.3 is 9.47 Å². The summed E-state index contributed by atoms with van der Waals surface area (Å²) in [6, 6.07) is 6.66. The Morgan fingerprint density at radius 3 is 2.29 bits per heavy atom. The van der Waals surface area contributed by atoms with Crippen LogP contribution in [0.15, 0.2) is 34.8 Å². The summed E-state index contributed by atoms with van der Waals surface area (Å²) in [6.45, 7) is 0. The lowest BCUT2D eigenvalue weighted by Crippen LogP contribution is -2.02. The lowest BCUT2D eigenvalue weighted by Gasteiger charge is -2.17. The third-order valence-corrected chi connectivity index (χ3v) is 4.25. The van der Waals surface area contributed by atoms with Crippen LogP contribution in [0.4, 0.5) is 8.78 Å². The molecule has 0 heterocycles. The van der Waals surface area contributed by atoms with Gasteiger partial charge in [0.2, 0.25) is 0 Å². The predicted molar refractivity (Wildman–Crippen MR) is 81.3 cm³/mol. The van der Waals surface area contributed by atoms with Crippen molar-refractivity contribution in [1.82, 2.24) is 0 Å². The van der Waals surface area contributed by atoms with Gasteiger partial charge in [0.15, 0.2) is 0 Å². The van der Waals surface area contributed by atoms with E-state index < -0.39 is 17.0 Å². The molecule has 0 amide bonds. The third kappa shape index (κ3) is 3.14. The molecule has 0 aliphatic carbocycles. The maximum absolute atomic E-state index is 13.9. The molecule has 0 fully saturated rings. The average molecular weight is 378 g/mol. The Labute approximate surface area is 134 Å². The van der Waals surface area contributed by atoms with E-state index in [-0.39, 0.29) is 5.56 Å². The van der Waals surface area contributed by atoms with Crippen molar-refractivity contribution in [3.05, 3.63) is 57.6 Å². The molecular weight excluding hydrogens is 366 g/mol. The van der Waals surface area contributed by atoms with Crippen molar-refractivity contribution in [3.63, 3.8) is 0 Å². The number of ether oxygens (including phenoxy) is 2. The maximum atomic E-state index is 13.9. The van der Waals surface area contributed by atoms with E-state index in [1.807, 2.05) is 0 Å². The summed E-state index contributed by atoms with van der Waals surface area (Å²) >= 11 is 9.70. The number of methoxy groups -OCH3 is 2. The number of hydrogen-bond donors (Lipinski definition) is 0. The standard InChI is InChI=1S/C15H12BrClF2O2/c1-20-12-6-5-10(15(21-2)13(12)16)14(17)9-4-3-8(18)7-11(9)19/h3-7,14H,1-2H3. The quantitative estimate of drug-likeness (QED) is 0.692. The van der Waals surface area contributed by atoms with Crippen molar-refractivity contribution in [1.29, 1.82) is 0 Å².